The minimum absolute atomic E-state index is 0.0721. The van der Waals surface area contributed by atoms with Gasteiger partial charge in [-0.25, -0.2) is 26.9 Å². The van der Waals surface area contributed by atoms with Crippen LogP contribution >= 0.6 is 11.3 Å². The number of aryl methyl sites for hydroxylation is 1. The largest absolute Gasteiger partial charge is 0.295 e. The van der Waals surface area contributed by atoms with Crippen molar-refractivity contribution in [2.75, 3.05) is 6.54 Å². The number of benzene rings is 1. The van der Waals surface area contributed by atoms with Crippen molar-refractivity contribution in [1.29, 1.82) is 0 Å². The number of halogens is 2. The zero-order chi connectivity index (χ0) is 18.9. The van der Waals surface area contributed by atoms with E-state index < -0.39 is 27.4 Å². The van der Waals surface area contributed by atoms with Gasteiger partial charge in [0.2, 0.25) is 10.0 Å². The summed E-state index contributed by atoms with van der Waals surface area (Å²) < 4.78 is 54.6. The number of thiophene rings is 1. The molecule has 0 bridgehead atoms. The number of rotatable bonds is 6. The van der Waals surface area contributed by atoms with Crippen LogP contribution in [0.25, 0.3) is 10.2 Å². The topological polar surface area (TPSA) is 81.1 Å². The Labute approximate surface area is 152 Å². The fraction of sp³-hybridized carbons (Fsp3) is 0.250. The van der Waals surface area contributed by atoms with E-state index in [1.807, 2.05) is 0 Å². The smallest absolute Gasteiger partial charge is 0.262 e. The molecular weight excluding hydrogens is 384 g/mol. The van der Waals surface area contributed by atoms with E-state index in [1.54, 1.807) is 18.4 Å². The molecule has 6 nitrogen and oxygen atoms in total. The Morgan fingerprint density at radius 1 is 1.27 bits per heavy atom. The lowest BCUT2D eigenvalue weighted by atomic mass is 10.2. The lowest BCUT2D eigenvalue weighted by molar-refractivity contribution is 0.559. The average molecular weight is 399 g/mol. The molecule has 0 spiro atoms. The first-order valence-electron chi connectivity index (χ1n) is 7.63. The van der Waals surface area contributed by atoms with E-state index >= 15 is 0 Å². The molecule has 0 saturated heterocycles. The monoisotopic (exact) mass is 399 g/mol. The standard InChI is InChI=1S/C16H15F2N3O3S2/c1-10-20-15-13(4-7-25-15)16(22)21(10)6-5-19-26(23,24)9-11-8-12(17)2-3-14(11)18/h2-4,7-8,19H,5-6,9H2,1H3. The summed E-state index contributed by atoms with van der Waals surface area (Å²) in [6.07, 6.45) is 0. The van der Waals surface area contributed by atoms with Gasteiger partial charge in [-0.2, -0.15) is 0 Å². The van der Waals surface area contributed by atoms with Crippen molar-refractivity contribution in [3.63, 3.8) is 0 Å². The van der Waals surface area contributed by atoms with E-state index in [1.165, 1.54) is 15.9 Å². The van der Waals surface area contributed by atoms with Crippen molar-refractivity contribution >= 4 is 31.6 Å². The summed E-state index contributed by atoms with van der Waals surface area (Å²) in [7, 11) is -3.89. The van der Waals surface area contributed by atoms with E-state index in [0.717, 1.165) is 18.2 Å². The molecule has 0 aliphatic heterocycles. The zero-order valence-electron chi connectivity index (χ0n) is 13.7. The highest BCUT2D eigenvalue weighted by Crippen LogP contribution is 2.15. The Hall–Kier alpha value is -2.17. The molecule has 0 aliphatic carbocycles. The molecule has 0 fully saturated rings. The van der Waals surface area contributed by atoms with Gasteiger partial charge in [-0.15, -0.1) is 11.3 Å². The summed E-state index contributed by atoms with van der Waals surface area (Å²) in [5.74, 6) is -1.73. The number of hydrogen-bond donors (Lipinski definition) is 1. The van der Waals surface area contributed by atoms with Crippen LogP contribution in [-0.4, -0.2) is 24.5 Å². The molecule has 0 unspecified atom stereocenters. The highest BCUT2D eigenvalue weighted by molar-refractivity contribution is 7.88. The molecule has 3 rings (SSSR count). The molecule has 0 aliphatic rings. The van der Waals surface area contributed by atoms with E-state index in [-0.39, 0.29) is 24.2 Å². The molecular formula is C16H15F2N3O3S2. The quantitative estimate of drug-likeness (QED) is 0.689. The van der Waals surface area contributed by atoms with E-state index in [0.29, 0.717) is 16.0 Å². The number of fused-ring (bicyclic) bond motifs is 1. The van der Waals surface area contributed by atoms with Gasteiger partial charge in [0.15, 0.2) is 0 Å². The lowest BCUT2D eigenvalue weighted by Gasteiger charge is -2.11. The maximum absolute atomic E-state index is 13.6. The van der Waals surface area contributed by atoms with Crippen LogP contribution in [0.3, 0.4) is 0 Å². The molecule has 0 atom stereocenters. The van der Waals surface area contributed by atoms with Crippen LogP contribution < -0.4 is 10.3 Å². The van der Waals surface area contributed by atoms with Gasteiger partial charge in [-0.1, -0.05) is 0 Å². The minimum Gasteiger partial charge on any atom is -0.295 e. The molecule has 0 radical (unpaired) electrons. The summed E-state index contributed by atoms with van der Waals surface area (Å²) >= 11 is 1.35. The molecule has 1 aromatic carbocycles. The second-order valence-electron chi connectivity index (χ2n) is 5.64. The van der Waals surface area contributed by atoms with E-state index in [2.05, 4.69) is 9.71 Å². The summed E-state index contributed by atoms with van der Waals surface area (Å²) in [4.78, 5) is 17.3. The Balaban J connectivity index is 1.71. The Morgan fingerprint density at radius 2 is 2.04 bits per heavy atom. The van der Waals surface area contributed by atoms with Crippen LogP contribution in [0.15, 0.2) is 34.4 Å². The molecule has 10 heteroatoms. The third kappa shape index (κ3) is 3.97. The van der Waals surface area contributed by atoms with Crippen LogP contribution in [-0.2, 0) is 22.3 Å². The normalized spacial score (nSPS) is 12.0. The van der Waals surface area contributed by atoms with Gasteiger partial charge in [0, 0.05) is 18.7 Å². The van der Waals surface area contributed by atoms with Gasteiger partial charge in [0.05, 0.1) is 11.1 Å². The molecule has 2 aromatic heterocycles. The first-order valence-corrected chi connectivity index (χ1v) is 10.2. The van der Waals surface area contributed by atoms with Crippen LogP contribution in [0.4, 0.5) is 8.78 Å². The second kappa shape index (κ2) is 7.22. The van der Waals surface area contributed by atoms with Gasteiger partial charge in [0.1, 0.15) is 22.3 Å². The van der Waals surface area contributed by atoms with Crippen molar-refractivity contribution in [1.82, 2.24) is 14.3 Å². The van der Waals surface area contributed by atoms with Gasteiger partial charge in [0.25, 0.3) is 5.56 Å². The minimum atomic E-state index is -3.89. The molecule has 1 N–H and O–H groups in total. The first kappa shape index (κ1) is 18.6. The molecule has 0 saturated carbocycles. The van der Waals surface area contributed by atoms with Gasteiger partial charge < -0.3 is 0 Å². The van der Waals surface area contributed by atoms with Crippen LogP contribution in [0.1, 0.15) is 11.4 Å². The van der Waals surface area contributed by atoms with Crippen molar-refractivity contribution in [3.05, 3.63) is 63.0 Å². The number of sulfonamides is 1. The molecule has 26 heavy (non-hydrogen) atoms. The Bertz CT molecular complexity index is 1120. The van der Waals surface area contributed by atoms with Crippen molar-refractivity contribution in [2.24, 2.45) is 0 Å². The number of nitrogens with one attached hydrogen (secondary N) is 1. The highest BCUT2D eigenvalue weighted by atomic mass is 32.2. The van der Waals surface area contributed by atoms with Crippen LogP contribution in [0, 0.1) is 18.6 Å². The highest BCUT2D eigenvalue weighted by Gasteiger charge is 2.16. The zero-order valence-corrected chi connectivity index (χ0v) is 15.3. The van der Waals surface area contributed by atoms with Gasteiger partial charge >= 0.3 is 0 Å². The fourth-order valence-electron chi connectivity index (χ4n) is 2.54. The van der Waals surface area contributed by atoms with Gasteiger partial charge in [-0.05, 0) is 36.6 Å². The number of aromatic nitrogens is 2. The average Bonchev–Trinajstić information content (AvgIpc) is 3.02. The second-order valence-corrected chi connectivity index (χ2v) is 8.35. The summed E-state index contributed by atoms with van der Waals surface area (Å²) in [6.45, 7) is 1.67. The lowest BCUT2D eigenvalue weighted by Crippen LogP contribution is -2.33. The predicted octanol–water partition coefficient (Wildman–Crippen LogP) is 2.16. The summed E-state index contributed by atoms with van der Waals surface area (Å²) in [6, 6.07) is 4.31. The third-order valence-electron chi connectivity index (χ3n) is 3.78. The SMILES string of the molecule is Cc1nc2sccc2c(=O)n1CCNS(=O)(=O)Cc1cc(F)ccc1F. The summed E-state index contributed by atoms with van der Waals surface area (Å²) in [5, 5.41) is 2.24. The Kier molecular flexibility index (Phi) is 5.17. The number of hydrogen-bond acceptors (Lipinski definition) is 5. The maximum atomic E-state index is 13.6. The van der Waals surface area contributed by atoms with E-state index in [4.69, 9.17) is 0 Å². The Morgan fingerprint density at radius 3 is 2.81 bits per heavy atom. The van der Waals surface area contributed by atoms with Crippen molar-refractivity contribution in [3.8, 4) is 0 Å². The predicted molar refractivity (Wildman–Crippen MR) is 95.6 cm³/mol. The van der Waals surface area contributed by atoms with Crippen LogP contribution in [0.2, 0.25) is 0 Å². The van der Waals surface area contributed by atoms with Crippen LogP contribution in [0.5, 0.6) is 0 Å². The number of nitrogens with zero attached hydrogens (tertiary/aromatic N) is 2. The summed E-state index contributed by atoms with van der Waals surface area (Å²) in [5.41, 5.74) is -0.503. The van der Waals surface area contributed by atoms with Crippen molar-refractivity contribution < 1.29 is 17.2 Å². The maximum Gasteiger partial charge on any atom is 0.262 e. The molecule has 0 amide bonds. The molecule has 3 aromatic rings. The molecule has 2 heterocycles. The molecule has 138 valence electrons. The van der Waals surface area contributed by atoms with Crippen molar-refractivity contribution in [2.45, 2.75) is 19.2 Å². The first-order chi connectivity index (χ1) is 12.3. The van der Waals surface area contributed by atoms with Gasteiger partial charge in [-0.3, -0.25) is 9.36 Å². The van der Waals surface area contributed by atoms with E-state index in [9.17, 15) is 22.0 Å². The fourth-order valence-corrected chi connectivity index (χ4v) is 4.47. The third-order valence-corrected chi connectivity index (χ3v) is 5.93.